The van der Waals surface area contributed by atoms with Crippen molar-refractivity contribution in [1.29, 1.82) is 0 Å². The van der Waals surface area contributed by atoms with Gasteiger partial charge in [-0.05, 0) is 41.5 Å². The van der Waals surface area contributed by atoms with Gasteiger partial charge in [0.15, 0.2) is 0 Å². The summed E-state index contributed by atoms with van der Waals surface area (Å²) < 4.78 is 12.2. The van der Waals surface area contributed by atoms with Gasteiger partial charge >= 0.3 is 5.97 Å². The van der Waals surface area contributed by atoms with Crippen LogP contribution in [0.3, 0.4) is 0 Å². The Hall–Kier alpha value is -3.08. The zero-order valence-electron chi connectivity index (χ0n) is 13.4. The third-order valence-corrected chi connectivity index (χ3v) is 3.61. The molecule has 0 N–H and O–H groups in total. The average molecular weight is 322 g/mol. The van der Waals surface area contributed by atoms with Crippen LogP contribution in [0.2, 0.25) is 0 Å². The number of rotatable bonds is 6. The fourth-order valence-electron chi connectivity index (χ4n) is 2.29. The van der Waals surface area contributed by atoms with Crippen molar-refractivity contribution in [3.63, 3.8) is 0 Å². The molecule has 2 aromatic carbocycles. The normalized spacial score (nSPS) is 10.4. The lowest BCUT2D eigenvalue weighted by atomic mass is 10.1. The van der Waals surface area contributed by atoms with E-state index in [-0.39, 0.29) is 19.0 Å². The van der Waals surface area contributed by atoms with Gasteiger partial charge < -0.3 is 9.47 Å². The molecule has 5 heteroatoms. The molecule has 3 rings (SSSR count). The Morgan fingerprint density at radius 2 is 1.75 bits per heavy atom. The molecule has 5 nitrogen and oxygen atoms in total. The fraction of sp³-hybridized carbons (Fsp3) is 0.158. The van der Waals surface area contributed by atoms with E-state index in [1.54, 1.807) is 18.0 Å². The Bertz CT molecular complexity index is 778. The van der Waals surface area contributed by atoms with Crippen molar-refractivity contribution in [3.05, 3.63) is 78.1 Å². The van der Waals surface area contributed by atoms with Gasteiger partial charge in [0.05, 0.1) is 19.2 Å². The van der Waals surface area contributed by atoms with Crippen molar-refractivity contribution in [1.82, 2.24) is 9.78 Å². The molecule has 0 aliphatic carbocycles. The maximum Gasteiger partial charge on any atom is 0.310 e. The summed E-state index contributed by atoms with van der Waals surface area (Å²) in [5, 5.41) is 4.17. The summed E-state index contributed by atoms with van der Waals surface area (Å²) in [6, 6.07) is 17.0. The van der Waals surface area contributed by atoms with Gasteiger partial charge in [0.2, 0.25) is 0 Å². The van der Waals surface area contributed by atoms with Crippen LogP contribution >= 0.6 is 0 Å². The monoisotopic (exact) mass is 322 g/mol. The Balaban J connectivity index is 1.52. The summed E-state index contributed by atoms with van der Waals surface area (Å²) in [7, 11) is 1.61. The van der Waals surface area contributed by atoms with Crippen LogP contribution in [0.25, 0.3) is 5.69 Å². The predicted octanol–water partition coefficient (Wildman–Crippen LogP) is 3.17. The van der Waals surface area contributed by atoms with Gasteiger partial charge in [0.1, 0.15) is 12.4 Å². The number of carbonyl (C=O) groups is 1. The minimum atomic E-state index is -0.253. The number of benzene rings is 2. The zero-order valence-corrected chi connectivity index (χ0v) is 13.4. The van der Waals surface area contributed by atoms with Crippen LogP contribution in [0, 0.1) is 0 Å². The lowest BCUT2D eigenvalue weighted by Crippen LogP contribution is -2.08. The molecule has 24 heavy (non-hydrogen) atoms. The van der Waals surface area contributed by atoms with Crippen LogP contribution in [0.4, 0.5) is 0 Å². The number of nitrogens with zero attached hydrogens (tertiary/aromatic N) is 2. The molecule has 0 unspecified atom stereocenters. The quantitative estimate of drug-likeness (QED) is 0.654. The number of aromatic nitrogens is 2. The number of ether oxygens (including phenoxy) is 2. The Morgan fingerprint density at radius 3 is 2.38 bits per heavy atom. The van der Waals surface area contributed by atoms with E-state index in [0.29, 0.717) is 0 Å². The Labute approximate surface area is 140 Å². The molecule has 1 heterocycles. The first-order valence-corrected chi connectivity index (χ1v) is 7.62. The molecule has 0 aliphatic heterocycles. The molecule has 0 bridgehead atoms. The van der Waals surface area contributed by atoms with Crippen LogP contribution in [0.15, 0.2) is 67.0 Å². The standard InChI is InChI=1S/C19H18N2O3/c1-23-18-9-5-15(6-10-18)13-19(22)24-14-16-3-7-17(8-4-16)21-12-2-11-20-21/h2-12H,13-14H2,1H3. The van der Waals surface area contributed by atoms with Crippen LogP contribution in [0.1, 0.15) is 11.1 Å². The first-order valence-electron chi connectivity index (χ1n) is 7.62. The Morgan fingerprint density at radius 1 is 1.04 bits per heavy atom. The van der Waals surface area contributed by atoms with Gasteiger partial charge in [0, 0.05) is 12.4 Å². The predicted molar refractivity (Wildman–Crippen MR) is 90.1 cm³/mol. The van der Waals surface area contributed by atoms with Gasteiger partial charge in [-0.2, -0.15) is 5.10 Å². The largest absolute Gasteiger partial charge is 0.497 e. The number of hydrogen-bond donors (Lipinski definition) is 0. The van der Waals surface area contributed by atoms with Crippen LogP contribution in [-0.2, 0) is 22.6 Å². The van der Waals surface area contributed by atoms with Crippen molar-refractivity contribution in [2.75, 3.05) is 7.11 Å². The minimum Gasteiger partial charge on any atom is -0.497 e. The highest BCUT2D eigenvalue weighted by molar-refractivity contribution is 5.72. The number of esters is 1. The molecule has 0 saturated carbocycles. The van der Waals surface area contributed by atoms with Crippen molar-refractivity contribution >= 4 is 5.97 Å². The van der Waals surface area contributed by atoms with Crippen molar-refractivity contribution < 1.29 is 14.3 Å². The molecule has 3 aromatic rings. The van der Waals surface area contributed by atoms with E-state index in [1.807, 2.05) is 60.8 Å². The molecule has 0 radical (unpaired) electrons. The summed E-state index contributed by atoms with van der Waals surface area (Å²) >= 11 is 0. The van der Waals surface area contributed by atoms with E-state index >= 15 is 0 Å². The molecular weight excluding hydrogens is 304 g/mol. The van der Waals surface area contributed by atoms with Crippen molar-refractivity contribution in [3.8, 4) is 11.4 Å². The van der Waals surface area contributed by atoms with E-state index in [4.69, 9.17) is 9.47 Å². The van der Waals surface area contributed by atoms with E-state index in [1.165, 1.54) is 0 Å². The summed E-state index contributed by atoms with van der Waals surface area (Å²) in [6.45, 7) is 0.258. The smallest absolute Gasteiger partial charge is 0.310 e. The van der Waals surface area contributed by atoms with Crippen LogP contribution < -0.4 is 4.74 Å². The van der Waals surface area contributed by atoms with E-state index in [2.05, 4.69) is 5.10 Å². The number of hydrogen-bond acceptors (Lipinski definition) is 4. The summed E-state index contributed by atoms with van der Waals surface area (Å²) in [5.74, 6) is 0.515. The second-order valence-corrected chi connectivity index (χ2v) is 5.30. The van der Waals surface area contributed by atoms with E-state index in [9.17, 15) is 4.79 Å². The minimum absolute atomic E-state index is 0.245. The van der Waals surface area contributed by atoms with Gasteiger partial charge in [-0.25, -0.2) is 4.68 Å². The average Bonchev–Trinajstić information content (AvgIpc) is 3.16. The maximum absolute atomic E-state index is 11.9. The van der Waals surface area contributed by atoms with Crippen LogP contribution in [0.5, 0.6) is 5.75 Å². The molecule has 0 spiro atoms. The maximum atomic E-state index is 11.9. The first-order chi connectivity index (χ1) is 11.7. The lowest BCUT2D eigenvalue weighted by Gasteiger charge is -2.07. The van der Waals surface area contributed by atoms with E-state index < -0.39 is 0 Å². The molecule has 122 valence electrons. The molecule has 0 fully saturated rings. The number of methoxy groups -OCH3 is 1. The van der Waals surface area contributed by atoms with E-state index in [0.717, 1.165) is 22.6 Å². The molecule has 0 aliphatic rings. The van der Waals surface area contributed by atoms with Crippen LogP contribution in [-0.4, -0.2) is 22.9 Å². The third kappa shape index (κ3) is 4.01. The van der Waals surface area contributed by atoms with Gasteiger partial charge in [-0.3, -0.25) is 4.79 Å². The van der Waals surface area contributed by atoms with Gasteiger partial charge in [-0.15, -0.1) is 0 Å². The molecule has 0 amide bonds. The summed E-state index contributed by atoms with van der Waals surface area (Å²) in [5.41, 5.74) is 2.80. The molecule has 0 saturated heterocycles. The second kappa shape index (κ2) is 7.46. The van der Waals surface area contributed by atoms with Crippen molar-refractivity contribution in [2.24, 2.45) is 0 Å². The second-order valence-electron chi connectivity index (χ2n) is 5.30. The lowest BCUT2D eigenvalue weighted by molar-refractivity contribution is -0.144. The van der Waals surface area contributed by atoms with Crippen molar-refractivity contribution in [2.45, 2.75) is 13.0 Å². The highest BCUT2D eigenvalue weighted by Gasteiger charge is 2.06. The molecule has 1 aromatic heterocycles. The Kier molecular flexibility index (Phi) is 4.91. The van der Waals surface area contributed by atoms with Gasteiger partial charge in [0.25, 0.3) is 0 Å². The topological polar surface area (TPSA) is 53.4 Å². The third-order valence-electron chi connectivity index (χ3n) is 3.61. The van der Waals surface area contributed by atoms with Gasteiger partial charge in [-0.1, -0.05) is 24.3 Å². The number of carbonyl (C=O) groups excluding carboxylic acids is 1. The first kappa shape index (κ1) is 15.8. The summed E-state index contributed by atoms with van der Waals surface area (Å²) in [4.78, 5) is 11.9. The highest BCUT2D eigenvalue weighted by Crippen LogP contribution is 2.13. The summed E-state index contributed by atoms with van der Waals surface area (Å²) in [6.07, 6.45) is 3.86. The zero-order chi connectivity index (χ0) is 16.8. The molecular formula is C19H18N2O3. The highest BCUT2D eigenvalue weighted by atomic mass is 16.5. The fourth-order valence-corrected chi connectivity index (χ4v) is 2.29. The molecule has 0 atom stereocenters. The SMILES string of the molecule is COc1ccc(CC(=O)OCc2ccc(-n3cccn3)cc2)cc1.